The number of piperidine rings is 1. The molecule has 5 heteroatoms. The number of hydrogen-bond acceptors (Lipinski definition) is 3. The van der Waals surface area contributed by atoms with Crippen LogP contribution >= 0.6 is 11.6 Å². The number of likely N-dealkylation sites (tertiary alicyclic amines) is 1. The molecule has 1 atom stereocenters. The van der Waals surface area contributed by atoms with E-state index in [-0.39, 0.29) is 16.8 Å². The average Bonchev–Trinajstić information content (AvgIpc) is 2.43. The van der Waals surface area contributed by atoms with Gasteiger partial charge in [-0.25, -0.2) is 4.39 Å². The van der Waals surface area contributed by atoms with Crippen LogP contribution in [-0.4, -0.2) is 28.9 Å². The zero-order chi connectivity index (χ0) is 13.8. The highest BCUT2D eigenvalue weighted by Crippen LogP contribution is 2.23. The minimum absolute atomic E-state index is 0.166. The van der Waals surface area contributed by atoms with Crippen molar-refractivity contribution in [2.24, 2.45) is 11.1 Å². The third-order valence-electron chi connectivity index (χ3n) is 3.68. The topological polar surface area (TPSA) is 35.8 Å². The molecule has 19 heavy (non-hydrogen) atoms. The maximum atomic E-state index is 13.9. The molecule has 3 nitrogen and oxygen atoms in total. The second-order valence-electron chi connectivity index (χ2n) is 4.89. The van der Waals surface area contributed by atoms with Crippen LogP contribution < -0.4 is 0 Å². The lowest BCUT2D eigenvalue weighted by atomic mass is 9.93. The van der Waals surface area contributed by atoms with Gasteiger partial charge in [0.2, 0.25) is 0 Å². The molecule has 0 radical (unpaired) electrons. The van der Waals surface area contributed by atoms with E-state index in [1.165, 1.54) is 0 Å². The minimum atomic E-state index is -0.334. The van der Waals surface area contributed by atoms with E-state index in [9.17, 15) is 4.39 Å². The summed E-state index contributed by atoms with van der Waals surface area (Å²) < 4.78 is 13.9. The van der Waals surface area contributed by atoms with E-state index in [1.807, 2.05) is 0 Å². The molecule has 0 bridgehead atoms. The second-order valence-corrected chi connectivity index (χ2v) is 5.30. The third-order valence-corrected chi connectivity index (χ3v) is 3.97. The monoisotopic (exact) mass is 284 g/mol. The Bertz CT molecular complexity index is 479. The Morgan fingerprint density at radius 2 is 2.32 bits per heavy atom. The zero-order valence-corrected chi connectivity index (χ0v) is 11.7. The van der Waals surface area contributed by atoms with Crippen LogP contribution in [0.1, 0.15) is 25.3 Å². The van der Waals surface area contributed by atoms with Crippen LogP contribution in [0.3, 0.4) is 0 Å². The molecule has 1 aliphatic rings. The molecule has 0 saturated carbocycles. The third kappa shape index (κ3) is 3.25. The maximum Gasteiger partial charge on any atom is 0.146 e. The van der Waals surface area contributed by atoms with Crippen molar-refractivity contribution in [1.82, 2.24) is 4.90 Å². The fourth-order valence-electron chi connectivity index (χ4n) is 2.54. The molecule has 1 saturated heterocycles. The Labute approximate surface area is 117 Å². The van der Waals surface area contributed by atoms with Crippen LogP contribution in [0.25, 0.3) is 0 Å². The van der Waals surface area contributed by atoms with Crippen LogP contribution in [0.2, 0.25) is 5.02 Å². The summed E-state index contributed by atoms with van der Waals surface area (Å²) in [5.74, 6) is -0.0835. The highest BCUT2D eigenvalue weighted by molar-refractivity contribution is 6.30. The van der Waals surface area contributed by atoms with Crippen molar-refractivity contribution in [1.29, 1.82) is 0 Å². The van der Waals surface area contributed by atoms with Gasteiger partial charge in [0.25, 0.3) is 0 Å². The summed E-state index contributed by atoms with van der Waals surface area (Å²) in [6.45, 7) is 4.19. The van der Waals surface area contributed by atoms with E-state index >= 15 is 0 Å². The maximum absolute atomic E-state index is 13.9. The van der Waals surface area contributed by atoms with Gasteiger partial charge in [0.1, 0.15) is 5.82 Å². The van der Waals surface area contributed by atoms with Crippen molar-refractivity contribution in [3.05, 3.63) is 34.6 Å². The largest absolute Gasteiger partial charge is 0.411 e. The highest BCUT2D eigenvalue weighted by Gasteiger charge is 2.25. The summed E-state index contributed by atoms with van der Waals surface area (Å²) in [5.41, 5.74) is 1.47. The number of rotatable bonds is 3. The molecule has 0 spiro atoms. The zero-order valence-electron chi connectivity index (χ0n) is 10.9. The smallest absolute Gasteiger partial charge is 0.146 e. The van der Waals surface area contributed by atoms with E-state index in [0.29, 0.717) is 12.1 Å². The molecule has 0 aliphatic carbocycles. The first-order valence-electron chi connectivity index (χ1n) is 6.51. The lowest BCUT2D eigenvalue weighted by molar-refractivity contribution is 0.218. The number of halogens is 2. The molecule has 0 aromatic heterocycles. The molecular weight excluding hydrogens is 267 g/mol. The van der Waals surface area contributed by atoms with Gasteiger partial charge in [-0.2, -0.15) is 0 Å². The predicted molar refractivity (Wildman–Crippen MR) is 74.3 cm³/mol. The first kappa shape index (κ1) is 14.3. The molecule has 104 valence electrons. The van der Waals surface area contributed by atoms with Crippen molar-refractivity contribution in [2.75, 3.05) is 13.1 Å². The summed E-state index contributed by atoms with van der Waals surface area (Å²) in [6.07, 6.45) is 1.66. The Morgan fingerprint density at radius 3 is 3.00 bits per heavy atom. The normalized spacial score (nSPS) is 22.9. The molecule has 1 fully saturated rings. The van der Waals surface area contributed by atoms with Gasteiger partial charge < -0.3 is 5.21 Å². The summed E-state index contributed by atoms with van der Waals surface area (Å²) >= 11 is 5.79. The van der Waals surface area contributed by atoms with Crippen molar-refractivity contribution in [3.63, 3.8) is 0 Å². The summed E-state index contributed by atoms with van der Waals surface area (Å²) in [4.78, 5) is 2.18. The Balaban J connectivity index is 2.06. The molecule has 1 aliphatic heterocycles. The van der Waals surface area contributed by atoms with Crippen LogP contribution in [-0.2, 0) is 6.54 Å². The Kier molecular flexibility index (Phi) is 4.77. The standard InChI is InChI=1S/C14H18ClFN2O/c1-2-10-8-18(7-6-13(10)17-19)9-11-4-3-5-12(15)14(11)16/h3-5,10,19H,2,6-9H2,1H3/b17-13+. The van der Waals surface area contributed by atoms with Crippen LogP contribution in [0, 0.1) is 11.7 Å². The lowest BCUT2D eigenvalue weighted by Gasteiger charge is -2.32. The van der Waals surface area contributed by atoms with Gasteiger partial charge in [0.05, 0.1) is 10.7 Å². The quantitative estimate of drug-likeness (QED) is 0.681. The molecule has 1 unspecified atom stereocenters. The number of oxime groups is 1. The molecule has 0 amide bonds. The number of hydrogen-bond donors (Lipinski definition) is 1. The highest BCUT2D eigenvalue weighted by atomic mass is 35.5. The fraction of sp³-hybridized carbons (Fsp3) is 0.500. The van der Waals surface area contributed by atoms with E-state index in [1.54, 1.807) is 18.2 Å². The van der Waals surface area contributed by atoms with Gasteiger partial charge in [-0.3, -0.25) is 4.90 Å². The van der Waals surface area contributed by atoms with Gasteiger partial charge in [-0.15, -0.1) is 0 Å². The van der Waals surface area contributed by atoms with Gasteiger partial charge >= 0.3 is 0 Å². The Morgan fingerprint density at radius 1 is 1.53 bits per heavy atom. The molecule has 1 N–H and O–H groups in total. The van der Waals surface area contributed by atoms with E-state index in [2.05, 4.69) is 17.0 Å². The molecule has 2 rings (SSSR count). The fourth-order valence-corrected chi connectivity index (χ4v) is 2.73. The first-order valence-corrected chi connectivity index (χ1v) is 6.89. The van der Waals surface area contributed by atoms with Gasteiger partial charge in [-0.05, 0) is 12.5 Å². The molecule has 1 heterocycles. The van der Waals surface area contributed by atoms with E-state index in [4.69, 9.17) is 16.8 Å². The SMILES string of the molecule is CCC1CN(Cc2cccc(Cl)c2F)CC/C1=N\O. The molecular formula is C14H18ClFN2O. The molecule has 1 aromatic rings. The van der Waals surface area contributed by atoms with Crippen LogP contribution in [0.4, 0.5) is 4.39 Å². The Hall–Kier alpha value is -1.13. The molecule has 1 aromatic carbocycles. The van der Waals surface area contributed by atoms with Crippen LogP contribution in [0.15, 0.2) is 23.4 Å². The number of nitrogens with zero attached hydrogens (tertiary/aromatic N) is 2. The van der Waals surface area contributed by atoms with E-state index < -0.39 is 0 Å². The van der Waals surface area contributed by atoms with Crippen molar-refractivity contribution in [3.8, 4) is 0 Å². The minimum Gasteiger partial charge on any atom is -0.411 e. The summed E-state index contributed by atoms with van der Waals surface area (Å²) in [6, 6.07) is 5.09. The lowest BCUT2D eigenvalue weighted by Crippen LogP contribution is -2.40. The summed E-state index contributed by atoms with van der Waals surface area (Å²) in [7, 11) is 0. The van der Waals surface area contributed by atoms with Crippen molar-refractivity contribution in [2.45, 2.75) is 26.3 Å². The van der Waals surface area contributed by atoms with E-state index in [0.717, 1.165) is 31.6 Å². The van der Waals surface area contributed by atoms with Gasteiger partial charge in [0, 0.05) is 37.5 Å². The van der Waals surface area contributed by atoms with Gasteiger partial charge in [-0.1, -0.05) is 35.8 Å². The average molecular weight is 285 g/mol. The number of benzene rings is 1. The van der Waals surface area contributed by atoms with Crippen molar-refractivity contribution < 1.29 is 9.60 Å². The summed E-state index contributed by atoms with van der Waals surface area (Å²) in [5, 5.41) is 12.5. The second kappa shape index (κ2) is 6.35. The van der Waals surface area contributed by atoms with Crippen molar-refractivity contribution >= 4 is 17.3 Å². The predicted octanol–water partition coefficient (Wildman–Crippen LogP) is 3.54. The van der Waals surface area contributed by atoms with Crippen LogP contribution in [0.5, 0.6) is 0 Å². The van der Waals surface area contributed by atoms with Gasteiger partial charge in [0.15, 0.2) is 0 Å². The first-order chi connectivity index (χ1) is 9.15.